The van der Waals surface area contributed by atoms with E-state index in [0.717, 1.165) is 12.8 Å². The van der Waals surface area contributed by atoms with E-state index in [1.54, 1.807) is 0 Å². The fraction of sp³-hybridized carbons (Fsp3) is 0.500. The maximum absolute atomic E-state index is 8.94. The van der Waals surface area contributed by atoms with Gasteiger partial charge in [0.25, 0.3) is 0 Å². The van der Waals surface area contributed by atoms with Crippen LogP contribution in [0.3, 0.4) is 0 Å². The minimum absolute atomic E-state index is 0.634. The van der Waals surface area contributed by atoms with Crippen molar-refractivity contribution in [2.24, 2.45) is 7.05 Å². The van der Waals surface area contributed by atoms with Gasteiger partial charge in [0.1, 0.15) is 11.9 Å². The summed E-state index contributed by atoms with van der Waals surface area (Å²) in [5.41, 5.74) is 8.99. The molecule has 1 heterocycles. The van der Waals surface area contributed by atoms with Crippen LogP contribution in [0.15, 0.2) is 0 Å². The number of hydrogen-bond acceptors (Lipinski definition) is 2. The first-order valence-corrected chi connectivity index (χ1v) is 4.61. The average Bonchev–Trinajstić information content (AvgIpc) is 2.41. The fourth-order valence-electron chi connectivity index (χ4n) is 2.12. The zero-order valence-corrected chi connectivity index (χ0v) is 7.80. The van der Waals surface area contributed by atoms with Gasteiger partial charge < -0.3 is 10.3 Å². The SMILES string of the molecule is Cn1c(N)c(C#N)c2c1CCCC2. The standard InChI is InChI=1S/C10H13N3/c1-13-9-5-3-2-4-7(9)8(6-11)10(13)12/h2-5,12H2,1H3. The molecule has 0 spiro atoms. The molecule has 0 aliphatic heterocycles. The van der Waals surface area contributed by atoms with Crippen LogP contribution in [0.1, 0.15) is 29.7 Å². The van der Waals surface area contributed by atoms with E-state index < -0.39 is 0 Å². The van der Waals surface area contributed by atoms with Crippen LogP contribution in [-0.4, -0.2) is 4.57 Å². The fourth-order valence-corrected chi connectivity index (χ4v) is 2.12. The van der Waals surface area contributed by atoms with Crippen molar-refractivity contribution in [3.8, 4) is 6.07 Å². The molecule has 3 nitrogen and oxygen atoms in total. The second kappa shape index (κ2) is 2.81. The molecule has 13 heavy (non-hydrogen) atoms. The molecule has 0 aromatic carbocycles. The number of nitriles is 1. The molecule has 2 rings (SSSR count). The third-order valence-electron chi connectivity index (χ3n) is 2.87. The van der Waals surface area contributed by atoms with E-state index in [9.17, 15) is 0 Å². The van der Waals surface area contributed by atoms with Crippen LogP contribution in [-0.2, 0) is 19.9 Å². The summed E-state index contributed by atoms with van der Waals surface area (Å²) in [6, 6.07) is 2.20. The normalized spacial score (nSPS) is 15.1. The minimum atomic E-state index is 0.634. The first-order valence-electron chi connectivity index (χ1n) is 4.61. The summed E-state index contributed by atoms with van der Waals surface area (Å²) < 4.78 is 1.97. The highest BCUT2D eigenvalue weighted by Gasteiger charge is 2.20. The Morgan fingerprint density at radius 2 is 2.08 bits per heavy atom. The van der Waals surface area contributed by atoms with Gasteiger partial charge in [0.05, 0.1) is 5.56 Å². The van der Waals surface area contributed by atoms with Crippen LogP contribution in [0.25, 0.3) is 0 Å². The summed E-state index contributed by atoms with van der Waals surface area (Å²) in [6.07, 6.45) is 4.49. The predicted molar refractivity (Wildman–Crippen MR) is 51.2 cm³/mol. The lowest BCUT2D eigenvalue weighted by molar-refractivity contribution is 0.649. The largest absolute Gasteiger partial charge is 0.384 e. The average molecular weight is 175 g/mol. The maximum Gasteiger partial charge on any atom is 0.121 e. The first-order chi connectivity index (χ1) is 6.25. The summed E-state index contributed by atoms with van der Waals surface area (Å²) in [7, 11) is 1.94. The molecule has 0 bridgehead atoms. The topological polar surface area (TPSA) is 54.7 Å². The van der Waals surface area contributed by atoms with Gasteiger partial charge in [0, 0.05) is 12.7 Å². The molecule has 0 unspecified atom stereocenters. The Morgan fingerprint density at radius 1 is 1.38 bits per heavy atom. The van der Waals surface area contributed by atoms with E-state index in [-0.39, 0.29) is 0 Å². The lowest BCUT2D eigenvalue weighted by Gasteiger charge is -2.12. The Morgan fingerprint density at radius 3 is 2.77 bits per heavy atom. The van der Waals surface area contributed by atoms with Crippen molar-refractivity contribution in [1.82, 2.24) is 4.57 Å². The number of rotatable bonds is 0. The molecule has 0 atom stereocenters. The van der Waals surface area contributed by atoms with Gasteiger partial charge in [-0.3, -0.25) is 0 Å². The van der Waals surface area contributed by atoms with Gasteiger partial charge in [0.2, 0.25) is 0 Å². The molecule has 2 N–H and O–H groups in total. The highest BCUT2D eigenvalue weighted by molar-refractivity contribution is 5.58. The Labute approximate surface area is 77.8 Å². The number of hydrogen-bond donors (Lipinski definition) is 1. The Kier molecular flexibility index (Phi) is 1.77. The van der Waals surface area contributed by atoms with Crippen LogP contribution in [0.5, 0.6) is 0 Å². The van der Waals surface area contributed by atoms with E-state index in [4.69, 9.17) is 11.0 Å². The maximum atomic E-state index is 8.94. The second-order valence-corrected chi connectivity index (χ2v) is 3.56. The van der Waals surface area contributed by atoms with Crippen molar-refractivity contribution in [1.29, 1.82) is 5.26 Å². The summed E-state index contributed by atoms with van der Waals surface area (Å²) in [4.78, 5) is 0. The zero-order chi connectivity index (χ0) is 9.42. The molecule has 0 amide bonds. The van der Waals surface area contributed by atoms with Gasteiger partial charge in [-0.1, -0.05) is 0 Å². The Balaban J connectivity index is 2.66. The van der Waals surface area contributed by atoms with E-state index in [2.05, 4.69) is 6.07 Å². The van der Waals surface area contributed by atoms with Crippen molar-refractivity contribution >= 4 is 5.82 Å². The van der Waals surface area contributed by atoms with Crippen molar-refractivity contribution < 1.29 is 0 Å². The number of nitrogens with zero attached hydrogens (tertiary/aromatic N) is 2. The van der Waals surface area contributed by atoms with Gasteiger partial charge in [-0.05, 0) is 31.2 Å². The molecule has 3 heteroatoms. The van der Waals surface area contributed by atoms with Gasteiger partial charge >= 0.3 is 0 Å². The lowest BCUT2D eigenvalue weighted by atomic mass is 9.95. The predicted octanol–water partition coefficient (Wildman–Crippen LogP) is 1.36. The summed E-state index contributed by atoms with van der Waals surface area (Å²) in [6.45, 7) is 0. The zero-order valence-electron chi connectivity index (χ0n) is 7.80. The lowest BCUT2D eigenvalue weighted by Crippen LogP contribution is -2.06. The molecule has 68 valence electrons. The molecule has 0 saturated carbocycles. The molecule has 0 radical (unpaired) electrons. The third-order valence-corrected chi connectivity index (χ3v) is 2.87. The van der Waals surface area contributed by atoms with Crippen molar-refractivity contribution in [3.05, 3.63) is 16.8 Å². The van der Waals surface area contributed by atoms with Gasteiger partial charge in [-0.15, -0.1) is 0 Å². The number of anilines is 1. The van der Waals surface area contributed by atoms with Crippen LogP contribution in [0, 0.1) is 11.3 Å². The summed E-state index contributed by atoms with van der Waals surface area (Å²) in [5.74, 6) is 0.634. The summed E-state index contributed by atoms with van der Waals surface area (Å²) in [5, 5.41) is 8.94. The van der Waals surface area contributed by atoms with Gasteiger partial charge in [0.15, 0.2) is 0 Å². The highest BCUT2D eigenvalue weighted by atomic mass is 15.0. The number of aromatic nitrogens is 1. The number of nitrogen functional groups attached to an aromatic ring is 1. The number of fused-ring (bicyclic) bond motifs is 1. The van der Waals surface area contributed by atoms with E-state index in [0.29, 0.717) is 11.4 Å². The molecule has 1 aliphatic rings. The minimum Gasteiger partial charge on any atom is -0.384 e. The van der Waals surface area contributed by atoms with E-state index in [1.165, 1.54) is 24.1 Å². The third kappa shape index (κ3) is 1.02. The van der Waals surface area contributed by atoms with Crippen molar-refractivity contribution in [2.45, 2.75) is 25.7 Å². The first kappa shape index (κ1) is 8.18. The quantitative estimate of drug-likeness (QED) is 0.647. The molecule has 1 aromatic rings. The van der Waals surface area contributed by atoms with Gasteiger partial charge in [-0.2, -0.15) is 5.26 Å². The summed E-state index contributed by atoms with van der Waals surface area (Å²) >= 11 is 0. The second-order valence-electron chi connectivity index (χ2n) is 3.56. The molecule has 1 aromatic heterocycles. The molecule has 0 saturated heterocycles. The van der Waals surface area contributed by atoms with Crippen molar-refractivity contribution in [3.63, 3.8) is 0 Å². The van der Waals surface area contributed by atoms with Crippen LogP contribution in [0.4, 0.5) is 5.82 Å². The Bertz CT molecular complexity index is 382. The van der Waals surface area contributed by atoms with Crippen LogP contribution < -0.4 is 5.73 Å². The van der Waals surface area contributed by atoms with Crippen LogP contribution >= 0.6 is 0 Å². The van der Waals surface area contributed by atoms with Crippen molar-refractivity contribution in [2.75, 3.05) is 5.73 Å². The van der Waals surface area contributed by atoms with E-state index in [1.807, 2.05) is 11.6 Å². The molecular formula is C10H13N3. The molecule has 0 fully saturated rings. The van der Waals surface area contributed by atoms with E-state index >= 15 is 0 Å². The smallest absolute Gasteiger partial charge is 0.121 e. The Hall–Kier alpha value is -1.43. The number of nitrogens with two attached hydrogens (primary N) is 1. The van der Waals surface area contributed by atoms with Gasteiger partial charge in [-0.25, -0.2) is 0 Å². The molecule has 1 aliphatic carbocycles. The molecular weight excluding hydrogens is 162 g/mol. The van der Waals surface area contributed by atoms with Crippen LogP contribution in [0.2, 0.25) is 0 Å². The monoisotopic (exact) mass is 175 g/mol. The highest BCUT2D eigenvalue weighted by Crippen LogP contribution is 2.29.